The summed E-state index contributed by atoms with van der Waals surface area (Å²) in [5.74, 6) is -0.614. The van der Waals surface area contributed by atoms with Gasteiger partial charge in [-0.3, -0.25) is 4.79 Å². The van der Waals surface area contributed by atoms with E-state index in [1.54, 1.807) is 0 Å². The highest BCUT2D eigenvalue weighted by molar-refractivity contribution is 5.85. The lowest BCUT2D eigenvalue weighted by molar-refractivity contribution is -0.146. The Kier molecular flexibility index (Phi) is 8.39. The summed E-state index contributed by atoms with van der Waals surface area (Å²) in [5.41, 5.74) is 5.67. The fraction of sp³-hybridized carbons (Fsp3) is 0.857. The van der Waals surface area contributed by atoms with Crippen LogP contribution in [-0.4, -0.2) is 31.1 Å². The second kappa shape index (κ2) is 8.91. The summed E-state index contributed by atoms with van der Waals surface area (Å²) in [6, 6.07) is -0.415. The van der Waals surface area contributed by atoms with Crippen LogP contribution in [0.1, 0.15) is 47.0 Å². The van der Waals surface area contributed by atoms with Gasteiger partial charge in [-0.1, -0.05) is 27.2 Å². The molecule has 0 rings (SSSR count). The monoisotopic (exact) mass is 272 g/mol. The zero-order valence-electron chi connectivity index (χ0n) is 12.7. The third-order valence-electron chi connectivity index (χ3n) is 3.16. The molecule has 0 spiro atoms. The van der Waals surface area contributed by atoms with E-state index in [0.29, 0.717) is 0 Å². The average Bonchev–Trinajstić information content (AvgIpc) is 2.33. The van der Waals surface area contributed by atoms with Crippen LogP contribution in [0, 0.1) is 11.8 Å². The van der Waals surface area contributed by atoms with E-state index in [0.717, 1.165) is 19.3 Å². The predicted octanol–water partition coefficient (Wildman–Crippen LogP) is 1.45. The van der Waals surface area contributed by atoms with Gasteiger partial charge in [-0.05, 0) is 25.7 Å². The molecular weight excluding hydrogens is 244 g/mol. The van der Waals surface area contributed by atoms with E-state index in [4.69, 9.17) is 10.5 Å². The molecule has 3 N–H and O–H groups in total. The normalized spacial score (nSPS) is 15.7. The fourth-order valence-corrected chi connectivity index (χ4v) is 1.80. The highest BCUT2D eigenvalue weighted by atomic mass is 16.5. The summed E-state index contributed by atoms with van der Waals surface area (Å²) in [6.07, 6.45) is 2.60. The van der Waals surface area contributed by atoms with Gasteiger partial charge in [-0.15, -0.1) is 0 Å². The van der Waals surface area contributed by atoms with Gasteiger partial charge < -0.3 is 15.8 Å². The Morgan fingerprint density at radius 1 is 1.16 bits per heavy atom. The molecule has 0 aromatic heterocycles. The van der Waals surface area contributed by atoms with Gasteiger partial charge in [0.15, 0.2) is 0 Å². The van der Waals surface area contributed by atoms with Crippen LogP contribution in [0.2, 0.25) is 0 Å². The minimum atomic E-state index is -0.576. The molecule has 5 nitrogen and oxygen atoms in total. The molecule has 0 aromatic rings. The molecule has 3 atom stereocenters. The predicted molar refractivity (Wildman–Crippen MR) is 75.4 cm³/mol. The Bertz CT molecular complexity index is 290. The molecule has 1 amide bonds. The van der Waals surface area contributed by atoms with Crippen molar-refractivity contribution in [3.05, 3.63) is 0 Å². The quantitative estimate of drug-likeness (QED) is 0.655. The van der Waals surface area contributed by atoms with Crippen molar-refractivity contribution >= 4 is 11.9 Å². The SMILES string of the molecule is COC(=O)[C@@H](NC(=O)C(C)CCCC(C)N)C(C)C. The molecule has 0 radical (unpaired) electrons. The van der Waals surface area contributed by atoms with Crippen LogP contribution in [-0.2, 0) is 14.3 Å². The van der Waals surface area contributed by atoms with Crippen molar-refractivity contribution in [3.8, 4) is 0 Å². The van der Waals surface area contributed by atoms with Crippen molar-refractivity contribution < 1.29 is 14.3 Å². The Labute approximate surface area is 116 Å². The first-order valence-corrected chi connectivity index (χ1v) is 6.93. The van der Waals surface area contributed by atoms with Crippen molar-refractivity contribution in [1.29, 1.82) is 0 Å². The first kappa shape index (κ1) is 17.9. The lowest BCUT2D eigenvalue weighted by Gasteiger charge is -2.22. The van der Waals surface area contributed by atoms with Gasteiger partial charge in [-0.2, -0.15) is 0 Å². The van der Waals surface area contributed by atoms with Crippen molar-refractivity contribution in [2.24, 2.45) is 17.6 Å². The van der Waals surface area contributed by atoms with Crippen molar-refractivity contribution in [1.82, 2.24) is 5.32 Å². The zero-order chi connectivity index (χ0) is 15.0. The van der Waals surface area contributed by atoms with Crippen LogP contribution >= 0.6 is 0 Å². The number of amides is 1. The second-order valence-electron chi connectivity index (χ2n) is 5.56. The molecule has 0 heterocycles. The Morgan fingerprint density at radius 2 is 1.74 bits per heavy atom. The van der Waals surface area contributed by atoms with Gasteiger partial charge in [0.1, 0.15) is 6.04 Å². The molecular formula is C14H28N2O3. The minimum Gasteiger partial charge on any atom is -0.467 e. The number of methoxy groups -OCH3 is 1. The number of nitrogens with two attached hydrogens (primary N) is 1. The van der Waals surface area contributed by atoms with Crippen LogP contribution in [0.25, 0.3) is 0 Å². The zero-order valence-corrected chi connectivity index (χ0v) is 12.7. The van der Waals surface area contributed by atoms with Crippen LogP contribution < -0.4 is 11.1 Å². The first-order valence-electron chi connectivity index (χ1n) is 6.93. The Balaban J connectivity index is 4.28. The number of hydrogen-bond acceptors (Lipinski definition) is 4. The third-order valence-corrected chi connectivity index (χ3v) is 3.16. The molecule has 0 aliphatic carbocycles. The molecule has 112 valence electrons. The van der Waals surface area contributed by atoms with Gasteiger partial charge in [-0.25, -0.2) is 4.79 Å². The fourth-order valence-electron chi connectivity index (χ4n) is 1.80. The summed E-state index contributed by atoms with van der Waals surface area (Å²) in [5, 5.41) is 2.76. The van der Waals surface area contributed by atoms with Crippen LogP contribution in [0.4, 0.5) is 0 Å². The summed E-state index contributed by atoms with van der Waals surface area (Å²) in [4.78, 5) is 23.6. The molecule has 0 aromatic carbocycles. The lowest BCUT2D eigenvalue weighted by Crippen LogP contribution is -2.46. The van der Waals surface area contributed by atoms with Crippen LogP contribution in [0.15, 0.2) is 0 Å². The largest absolute Gasteiger partial charge is 0.467 e. The second-order valence-corrected chi connectivity index (χ2v) is 5.56. The van der Waals surface area contributed by atoms with Gasteiger partial charge in [0.25, 0.3) is 0 Å². The van der Waals surface area contributed by atoms with Gasteiger partial charge >= 0.3 is 5.97 Å². The number of carbonyl (C=O) groups excluding carboxylic acids is 2. The number of ether oxygens (including phenoxy) is 1. The van der Waals surface area contributed by atoms with Crippen LogP contribution in [0.5, 0.6) is 0 Å². The van der Waals surface area contributed by atoms with Gasteiger partial charge in [0, 0.05) is 12.0 Å². The molecule has 0 aliphatic heterocycles. The van der Waals surface area contributed by atoms with Crippen molar-refractivity contribution in [3.63, 3.8) is 0 Å². The highest BCUT2D eigenvalue weighted by Gasteiger charge is 2.26. The topological polar surface area (TPSA) is 81.4 Å². The number of esters is 1. The Hall–Kier alpha value is -1.10. The van der Waals surface area contributed by atoms with E-state index in [-0.39, 0.29) is 23.8 Å². The maximum Gasteiger partial charge on any atom is 0.328 e. The summed E-state index contributed by atoms with van der Waals surface area (Å²) >= 11 is 0. The molecule has 0 aliphatic rings. The first-order chi connectivity index (χ1) is 8.79. The molecule has 19 heavy (non-hydrogen) atoms. The van der Waals surface area contributed by atoms with Crippen molar-refractivity contribution in [2.45, 2.75) is 59.0 Å². The van der Waals surface area contributed by atoms with E-state index in [2.05, 4.69) is 5.32 Å². The molecule has 0 fully saturated rings. The van der Waals surface area contributed by atoms with Crippen molar-refractivity contribution in [2.75, 3.05) is 7.11 Å². The number of rotatable bonds is 8. The number of nitrogens with one attached hydrogen (secondary N) is 1. The molecule has 0 saturated carbocycles. The minimum absolute atomic E-state index is 0.00710. The molecule has 2 unspecified atom stereocenters. The molecule has 0 bridgehead atoms. The van der Waals surface area contributed by atoms with E-state index < -0.39 is 12.0 Å². The van der Waals surface area contributed by atoms with E-state index in [1.807, 2.05) is 27.7 Å². The molecule has 5 heteroatoms. The smallest absolute Gasteiger partial charge is 0.328 e. The third kappa shape index (κ3) is 7.15. The van der Waals surface area contributed by atoms with E-state index in [1.165, 1.54) is 7.11 Å². The maximum atomic E-state index is 12.0. The summed E-state index contributed by atoms with van der Waals surface area (Å²) in [6.45, 7) is 7.58. The van der Waals surface area contributed by atoms with Gasteiger partial charge in [0.2, 0.25) is 5.91 Å². The maximum absolute atomic E-state index is 12.0. The van der Waals surface area contributed by atoms with Gasteiger partial charge in [0.05, 0.1) is 7.11 Å². The lowest BCUT2D eigenvalue weighted by atomic mass is 9.99. The highest BCUT2D eigenvalue weighted by Crippen LogP contribution is 2.11. The Morgan fingerprint density at radius 3 is 2.16 bits per heavy atom. The number of hydrogen-bond donors (Lipinski definition) is 2. The average molecular weight is 272 g/mol. The van der Waals surface area contributed by atoms with E-state index in [9.17, 15) is 9.59 Å². The van der Waals surface area contributed by atoms with Crippen LogP contribution in [0.3, 0.4) is 0 Å². The summed E-state index contributed by atoms with van der Waals surface area (Å²) in [7, 11) is 1.33. The standard InChI is InChI=1S/C14H28N2O3/c1-9(2)12(14(18)19-5)16-13(17)10(3)7-6-8-11(4)15/h9-12H,6-8,15H2,1-5H3,(H,16,17)/t10?,11?,12-/m0/s1. The summed E-state index contributed by atoms with van der Waals surface area (Å²) < 4.78 is 4.70. The molecule has 0 saturated heterocycles. The number of carbonyl (C=O) groups is 2. The van der Waals surface area contributed by atoms with E-state index >= 15 is 0 Å².